The molecule has 1 fully saturated rings. The maximum Gasteiger partial charge on any atom is 0.243 e. The van der Waals surface area contributed by atoms with Crippen molar-refractivity contribution in [2.24, 2.45) is 0 Å². The number of anilines is 1. The van der Waals surface area contributed by atoms with Gasteiger partial charge in [-0.2, -0.15) is 4.31 Å². The van der Waals surface area contributed by atoms with E-state index in [-0.39, 0.29) is 4.90 Å². The van der Waals surface area contributed by atoms with Crippen LogP contribution in [0.5, 0.6) is 5.75 Å². The number of piperazine rings is 1. The second kappa shape index (κ2) is 8.89. The molecule has 0 bridgehead atoms. The van der Waals surface area contributed by atoms with Crippen LogP contribution in [-0.2, 0) is 10.0 Å². The van der Waals surface area contributed by atoms with E-state index in [1.54, 1.807) is 24.3 Å². The minimum atomic E-state index is -3.52. The predicted molar refractivity (Wildman–Crippen MR) is 115 cm³/mol. The van der Waals surface area contributed by atoms with Crippen LogP contribution in [-0.4, -0.2) is 55.5 Å². The number of nitrogens with zero attached hydrogens (tertiary/aromatic N) is 2. The molecule has 0 aliphatic carbocycles. The molecule has 28 heavy (non-hydrogen) atoms. The third kappa shape index (κ3) is 4.81. The quantitative estimate of drug-likeness (QED) is 0.752. The van der Waals surface area contributed by atoms with Gasteiger partial charge in [0.25, 0.3) is 0 Å². The van der Waals surface area contributed by atoms with Gasteiger partial charge in [0.05, 0.1) is 11.5 Å². The van der Waals surface area contributed by atoms with Gasteiger partial charge in [0, 0.05) is 31.9 Å². The summed E-state index contributed by atoms with van der Waals surface area (Å²) < 4.78 is 32.6. The van der Waals surface area contributed by atoms with Crippen molar-refractivity contribution in [3.05, 3.63) is 54.1 Å². The maximum atomic E-state index is 12.9. The fourth-order valence-corrected chi connectivity index (χ4v) is 4.72. The van der Waals surface area contributed by atoms with Crippen molar-refractivity contribution < 1.29 is 13.2 Å². The number of sulfonamides is 1. The summed E-state index contributed by atoms with van der Waals surface area (Å²) in [5.74, 6) is 0.666. The summed E-state index contributed by atoms with van der Waals surface area (Å²) in [7, 11) is -3.52. The Morgan fingerprint density at radius 3 is 2.21 bits per heavy atom. The van der Waals surface area contributed by atoms with Crippen LogP contribution >= 0.6 is 12.2 Å². The van der Waals surface area contributed by atoms with Crippen molar-refractivity contribution in [2.45, 2.75) is 18.7 Å². The predicted octanol–water partition coefficient (Wildman–Crippen LogP) is 3.10. The van der Waals surface area contributed by atoms with Crippen LogP contribution in [0.25, 0.3) is 0 Å². The molecule has 2 aromatic carbocycles. The average Bonchev–Trinajstić information content (AvgIpc) is 2.70. The van der Waals surface area contributed by atoms with Crippen LogP contribution in [0.2, 0.25) is 0 Å². The number of rotatable bonds is 5. The molecule has 1 saturated heterocycles. The van der Waals surface area contributed by atoms with E-state index in [1.807, 2.05) is 43.0 Å². The van der Waals surface area contributed by atoms with E-state index in [1.165, 1.54) is 9.87 Å². The first-order valence-corrected chi connectivity index (χ1v) is 11.1. The number of hydrogen-bond donors (Lipinski definition) is 1. The molecule has 0 aromatic heterocycles. The highest BCUT2D eigenvalue weighted by atomic mass is 32.2. The summed E-state index contributed by atoms with van der Waals surface area (Å²) in [5.41, 5.74) is 2.12. The molecule has 150 valence electrons. The van der Waals surface area contributed by atoms with Gasteiger partial charge in [-0.05, 0) is 62.5 Å². The van der Waals surface area contributed by atoms with Crippen molar-refractivity contribution >= 4 is 33.0 Å². The third-order valence-electron chi connectivity index (χ3n) is 4.60. The first-order chi connectivity index (χ1) is 13.4. The molecule has 0 saturated carbocycles. The average molecular weight is 420 g/mol. The highest BCUT2D eigenvalue weighted by Crippen LogP contribution is 2.21. The summed E-state index contributed by atoms with van der Waals surface area (Å²) >= 11 is 5.49. The standard InChI is InChI=1S/C20H25N3O3S2/c1-3-26-18-8-10-19(11-9-18)28(24,25)23-14-12-22(13-15-23)20(27)21-17-6-4-16(2)5-7-17/h4-11H,3,12-15H2,1-2H3,(H,21,27). The molecule has 0 radical (unpaired) electrons. The van der Waals surface area contributed by atoms with Crippen LogP contribution in [0.4, 0.5) is 5.69 Å². The van der Waals surface area contributed by atoms with Gasteiger partial charge in [-0.1, -0.05) is 17.7 Å². The SMILES string of the molecule is CCOc1ccc(S(=O)(=O)N2CCN(C(=S)Nc3ccc(C)cc3)CC2)cc1. The van der Waals surface area contributed by atoms with Gasteiger partial charge in [0.2, 0.25) is 10.0 Å². The van der Waals surface area contributed by atoms with E-state index in [2.05, 4.69) is 5.32 Å². The molecular formula is C20H25N3O3S2. The summed E-state index contributed by atoms with van der Waals surface area (Å²) in [6.45, 7) is 6.36. The number of thiocarbonyl (C=S) groups is 1. The Bertz CT molecular complexity index is 905. The van der Waals surface area contributed by atoms with Crippen molar-refractivity contribution in [1.29, 1.82) is 0 Å². The zero-order valence-electron chi connectivity index (χ0n) is 16.1. The summed E-state index contributed by atoms with van der Waals surface area (Å²) in [4.78, 5) is 2.28. The van der Waals surface area contributed by atoms with Crippen LogP contribution in [0, 0.1) is 6.92 Å². The third-order valence-corrected chi connectivity index (χ3v) is 6.87. The molecule has 1 aliphatic rings. The highest BCUT2D eigenvalue weighted by Gasteiger charge is 2.29. The minimum Gasteiger partial charge on any atom is -0.494 e. The lowest BCUT2D eigenvalue weighted by molar-refractivity contribution is 0.268. The fraction of sp³-hybridized carbons (Fsp3) is 0.350. The van der Waals surface area contributed by atoms with E-state index in [0.29, 0.717) is 43.6 Å². The molecule has 1 N–H and O–H groups in total. The van der Waals surface area contributed by atoms with Gasteiger partial charge in [0.1, 0.15) is 5.75 Å². The molecule has 6 nitrogen and oxygen atoms in total. The molecular weight excluding hydrogens is 394 g/mol. The van der Waals surface area contributed by atoms with Gasteiger partial charge >= 0.3 is 0 Å². The first-order valence-electron chi connectivity index (χ1n) is 9.26. The molecule has 3 rings (SSSR count). The Morgan fingerprint density at radius 2 is 1.64 bits per heavy atom. The van der Waals surface area contributed by atoms with E-state index >= 15 is 0 Å². The smallest absolute Gasteiger partial charge is 0.243 e. The minimum absolute atomic E-state index is 0.282. The lowest BCUT2D eigenvalue weighted by atomic mass is 10.2. The summed E-state index contributed by atoms with van der Waals surface area (Å²) in [6, 6.07) is 14.6. The number of hydrogen-bond acceptors (Lipinski definition) is 4. The molecule has 0 atom stereocenters. The Balaban J connectivity index is 1.59. The van der Waals surface area contributed by atoms with Gasteiger partial charge in [-0.15, -0.1) is 0 Å². The van der Waals surface area contributed by atoms with Gasteiger partial charge < -0.3 is 15.0 Å². The van der Waals surface area contributed by atoms with Crippen LogP contribution < -0.4 is 10.1 Å². The zero-order chi connectivity index (χ0) is 20.1. The maximum absolute atomic E-state index is 12.9. The van der Waals surface area contributed by atoms with Crippen molar-refractivity contribution in [1.82, 2.24) is 9.21 Å². The Morgan fingerprint density at radius 1 is 1.04 bits per heavy atom. The molecule has 0 spiro atoms. The molecule has 8 heteroatoms. The topological polar surface area (TPSA) is 61.9 Å². The fourth-order valence-electron chi connectivity index (χ4n) is 2.99. The van der Waals surface area contributed by atoms with Gasteiger partial charge in [-0.25, -0.2) is 8.42 Å². The Hall–Kier alpha value is -2.16. The van der Waals surface area contributed by atoms with Crippen LogP contribution in [0.15, 0.2) is 53.4 Å². The number of ether oxygens (including phenoxy) is 1. The normalized spacial score (nSPS) is 15.3. The monoisotopic (exact) mass is 419 g/mol. The van der Waals surface area contributed by atoms with Crippen LogP contribution in [0.3, 0.4) is 0 Å². The first kappa shape index (κ1) is 20.6. The van der Waals surface area contributed by atoms with Gasteiger partial charge in [-0.3, -0.25) is 0 Å². The van der Waals surface area contributed by atoms with Crippen molar-refractivity contribution in [2.75, 3.05) is 38.1 Å². The van der Waals surface area contributed by atoms with E-state index < -0.39 is 10.0 Å². The zero-order valence-corrected chi connectivity index (χ0v) is 17.7. The summed E-state index contributed by atoms with van der Waals surface area (Å²) in [6.07, 6.45) is 0. The Labute approximate surface area is 172 Å². The second-order valence-corrected chi connectivity index (χ2v) is 8.92. The molecule has 1 heterocycles. The highest BCUT2D eigenvalue weighted by molar-refractivity contribution is 7.89. The van der Waals surface area contributed by atoms with E-state index in [9.17, 15) is 8.42 Å². The number of benzene rings is 2. The summed E-state index contributed by atoms with van der Waals surface area (Å²) in [5, 5.41) is 3.83. The van der Waals surface area contributed by atoms with Gasteiger partial charge in [0.15, 0.2) is 5.11 Å². The molecule has 0 unspecified atom stereocenters. The molecule has 0 amide bonds. The van der Waals surface area contributed by atoms with E-state index in [4.69, 9.17) is 17.0 Å². The van der Waals surface area contributed by atoms with Crippen molar-refractivity contribution in [3.63, 3.8) is 0 Å². The Kier molecular flexibility index (Phi) is 6.53. The van der Waals surface area contributed by atoms with Crippen molar-refractivity contribution in [3.8, 4) is 5.75 Å². The number of aryl methyl sites for hydroxylation is 1. The van der Waals surface area contributed by atoms with Crippen LogP contribution in [0.1, 0.15) is 12.5 Å². The largest absolute Gasteiger partial charge is 0.494 e. The lowest BCUT2D eigenvalue weighted by Gasteiger charge is -2.35. The second-order valence-electron chi connectivity index (χ2n) is 6.59. The van der Waals surface area contributed by atoms with E-state index in [0.717, 1.165) is 5.69 Å². The molecule has 2 aromatic rings. The lowest BCUT2D eigenvalue weighted by Crippen LogP contribution is -2.51. The molecule has 1 aliphatic heterocycles. The number of nitrogens with one attached hydrogen (secondary N) is 1.